The average molecular weight is 657 g/mol. The first-order chi connectivity index (χ1) is 22.3. The smallest absolute Gasteiger partial charge is 0.429 e. The second kappa shape index (κ2) is 12.7. The van der Waals surface area contributed by atoms with Crippen LogP contribution >= 0.6 is 0 Å². The van der Waals surface area contributed by atoms with Gasteiger partial charge in [-0.1, -0.05) is 12.1 Å². The Hall–Kier alpha value is -4.40. The summed E-state index contributed by atoms with van der Waals surface area (Å²) < 4.78 is 51.7. The number of anilines is 2. The molecular weight excluding hydrogens is 617 g/mol. The maximum Gasteiger partial charge on any atom is 0.429 e. The van der Waals surface area contributed by atoms with Crippen LogP contribution in [0.2, 0.25) is 0 Å². The molecule has 0 saturated carbocycles. The van der Waals surface area contributed by atoms with Crippen molar-refractivity contribution in [3.63, 3.8) is 0 Å². The molecule has 5 heterocycles. The molecule has 12 nitrogen and oxygen atoms in total. The van der Waals surface area contributed by atoms with E-state index in [0.29, 0.717) is 76.3 Å². The van der Waals surface area contributed by atoms with Gasteiger partial charge in [0.25, 0.3) is 0 Å². The summed E-state index contributed by atoms with van der Waals surface area (Å²) in [7, 11) is 0. The average Bonchev–Trinajstić information content (AvgIpc) is 3.66. The van der Waals surface area contributed by atoms with Crippen LogP contribution in [0.4, 0.5) is 24.9 Å². The summed E-state index contributed by atoms with van der Waals surface area (Å²) in [5, 5.41) is 16.9. The highest BCUT2D eigenvalue weighted by molar-refractivity contribution is 5.74. The molecule has 3 aromatic rings. The van der Waals surface area contributed by atoms with Gasteiger partial charge in [-0.15, -0.1) is 0 Å². The van der Waals surface area contributed by atoms with Crippen molar-refractivity contribution in [3.05, 3.63) is 53.3 Å². The van der Waals surface area contributed by atoms with Gasteiger partial charge in [-0.25, -0.2) is 4.68 Å². The van der Waals surface area contributed by atoms with Crippen LogP contribution in [0, 0.1) is 12.3 Å². The summed E-state index contributed by atoms with van der Waals surface area (Å²) in [6, 6.07) is 7.37. The Bertz CT molecular complexity index is 1630. The molecule has 2 atom stereocenters. The van der Waals surface area contributed by atoms with E-state index in [2.05, 4.69) is 20.4 Å². The Kier molecular flexibility index (Phi) is 8.76. The van der Waals surface area contributed by atoms with Crippen LogP contribution in [-0.4, -0.2) is 86.6 Å². The number of alkyl halides is 3. The molecule has 15 heteroatoms. The molecule has 1 spiro atoms. The van der Waals surface area contributed by atoms with Crippen LogP contribution in [-0.2, 0) is 9.59 Å². The number of benzene rings is 1. The number of nitrogens with zero attached hydrogens (tertiary/aromatic N) is 6. The SMILES string of the molecule is CC(=O)N1CCC(c2ccc([C@@H](Oc3cc(N4CCC5(CC4)CNC(C(=O)O)C5)nc(N)n3)C(F)(F)F)c(-n3ccc(C)n3)c2)CC1. The Morgan fingerprint density at radius 3 is 2.43 bits per heavy atom. The number of aryl methyl sites for hydroxylation is 1. The zero-order valence-electron chi connectivity index (χ0n) is 26.3. The minimum atomic E-state index is -4.82. The van der Waals surface area contributed by atoms with Crippen molar-refractivity contribution in [2.75, 3.05) is 43.4 Å². The Morgan fingerprint density at radius 1 is 1.11 bits per heavy atom. The van der Waals surface area contributed by atoms with Gasteiger partial charge in [0.15, 0.2) is 0 Å². The van der Waals surface area contributed by atoms with Gasteiger partial charge in [0.1, 0.15) is 11.9 Å². The Morgan fingerprint density at radius 2 is 1.83 bits per heavy atom. The summed E-state index contributed by atoms with van der Waals surface area (Å²) in [4.78, 5) is 35.3. The third-order valence-corrected chi connectivity index (χ3v) is 9.77. The maximum absolute atomic E-state index is 14.9. The molecule has 252 valence electrons. The molecule has 3 fully saturated rings. The lowest BCUT2D eigenvalue weighted by atomic mass is 9.76. The molecule has 1 amide bonds. The van der Waals surface area contributed by atoms with Crippen molar-refractivity contribution in [3.8, 4) is 11.6 Å². The van der Waals surface area contributed by atoms with Crippen molar-refractivity contribution in [2.24, 2.45) is 5.41 Å². The number of likely N-dealkylation sites (tertiary alicyclic amines) is 1. The van der Waals surface area contributed by atoms with Crippen molar-refractivity contribution in [1.29, 1.82) is 0 Å². The zero-order valence-corrected chi connectivity index (χ0v) is 26.3. The van der Waals surface area contributed by atoms with Gasteiger partial charge in [0, 0.05) is 57.5 Å². The lowest BCUT2D eigenvalue weighted by Crippen LogP contribution is -2.41. The summed E-state index contributed by atoms with van der Waals surface area (Å²) in [5.74, 6) is -0.976. The molecule has 1 aromatic carbocycles. The second-order valence-electron chi connectivity index (χ2n) is 12.9. The molecular formula is C32H39F3N8O4. The van der Waals surface area contributed by atoms with E-state index in [1.807, 2.05) is 4.90 Å². The quantitative estimate of drug-likeness (QED) is 0.341. The highest BCUT2D eigenvalue weighted by Gasteiger charge is 2.46. The number of aromatic nitrogens is 4. The highest BCUT2D eigenvalue weighted by Crippen LogP contribution is 2.43. The van der Waals surface area contributed by atoms with Gasteiger partial charge >= 0.3 is 12.1 Å². The number of hydrogen-bond acceptors (Lipinski definition) is 9. The fraction of sp³-hybridized carbons (Fsp3) is 0.531. The van der Waals surface area contributed by atoms with Gasteiger partial charge in [-0.05, 0) is 68.1 Å². The number of nitrogens with one attached hydrogen (secondary N) is 1. The van der Waals surface area contributed by atoms with Crippen LogP contribution in [0.5, 0.6) is 5.88 Å². The second-order valence-corrected chi connectivity index (χ2v) is 12.9. The van der Waals surface area contributed by atoms with E-state index in [-0.39, 0.29) is 40.3 Å². The van der Waals surface area contributed by atoms with E-state index in [0.717, 1.165) is 5.56 Å². The topological polar surface area (TPSA) is 152 Å². The van der Waals surface area contributed by atoms with Crippen LogP contribution < -0.4 is 20.7 Å². The molecule has 3 aliphatic heterocycles. The summed E-state index contributed by atoms with van der Waals surface area (Å²) in [5.41, 5.74) is 7.44. The minimum Gasteiger partial charge on any atom is -0.480 e. The van der Waals surface area contributed by atoms with Crippen molar-refractivity contribution < 1.29 is 32.6 Å². The van der Waals surface area contributed by atoms with E-state index in [1.54, 1.807) is 36.2 Å². The summed E-state index contributed by atoms with van der Waals surface area (Å²) >= 11 is 0. The van der Waals surface area contributed by atoms with Crippen LogP contribution in [0.3, 0.4) is 0 Å². The first-order valence-corrected chi connectivity index (χ1v) is 15.8. The Balaban J connectivity index is 1.27. The number of carbonyl (C=O) groups excluding carboxylic acids is 1. The largest absolute Gasteiger partial charge is 0.480 e. The molecule has 1 unspecified atom stereocenters. The molecule has 0 aliphatic carbocycles. The standard InChI is InChI=1S/C32H39F3N8O4/c1-19-5-12-43(40-19)25-15-22(21-6-10-41(11-7-21)20(2)44)3-4-23(25)28(32(33,34)35)47-27-16-26(38-30(36)39-27)42-13-8-31(9-14-42)17-24(29(45)46)37-18-31/h3-5,12,15-16,21,24,28,37H,6-11,13-14,17-18H2,1-2H3,(H,45,46)(H2,36,38,39)/t24?,28-/m1/s1. The predicted octanol–water partition coefficient (Wildman–Crippen LogP) is 3.99. The first kappa shape index (κ1) is 32.5. The fourth-order valence-electron chi connectivity index (χ4n) is 7.07. The van der Waals surface area contributed by atoms with E-state index in [4.69, 9.17) is 10.5 Å². The van der Waals surface area contributed by atoms with E-state index in [1.165, 1.54) is 23.7 Å². The zero-order chi connectivity index (χ0) is 33.5. The van der Waals surface area contributed by atoms with Gasteiger partial charge < -0.3 is 30.7 Å². The molecule has 0 radical (unpaired) electrons. The number of ether oxygens (including phenoxy) is 1. The lowest BCUT2D eigenvalue weighted by Gasteiger charge is -2.39. The Labute approximate surface area is 270 Å². The fourth-order valence-corrected chi connectivity index (χ4v) is 7.07. The number of halogens is 3. The number of hydrogen-bond donors (Lipinski definition) is 3. The van der Waals surface area contributed by atoms with Crippen LogP contribution in [0.15, 0.2) is 36.5 Å². The van der Waals surface area contributed by atoms with E-state index in [9.17, 15) is 27.9 Å². The summed E-state index contributed by atoms with van der Waals surface area (Å²) in [6.45, 7) is 6.12. The van der Waals surface area contributed by atoms with Crippen molar-refractivity contribution in [2.45, 2.75) is 70.2 Å². The number of carbonyl (C=O) groups is 2. The minimum absolute atomic E-state index is 0.00869. The number of piperidine rings is 2. The van der Waals surface area contributed by atoms with Gasteiger partial charge in [-0.2, -0.15) is 28.2 Å². The molecule has 6 rings (SSSR count). The van der Waals surface area contributed by atoms with E-state index < -0.39 is 24.3 Å². The number of carboxylic acid groups (broad SMARTS) is 1. The molecule has 4 N–H and O–H groups in total. The van der Waals surface area contributed by atoms with Crippen molar-refractivity contribution in [1.82, 2.24) is 30.0 Å². The molecule has 47 heavy (non-hydrogen) atoms. The van der Waals surface area contributed by atoms with Gasteiger partial charge in [0.2, 0.25) is 23.8 Å². The normalized spacial score (nSPS) is 20.8. The number of nitrogens with two attached hydrogens (primary N) is 1. The van der Waals surface area contributed by atoms with Crippen LogP contribution in [0.1, 0.15) is 67.9 Å². The number of aliphatic carboxylic acids is 1. The third kappa shape index (κ3) is 6.99. The van der Waals surface area contributed by atoms with Gasteiger partial charge in [-0.3, -0.25) is 9.59 Å². The summed E-state index contributed by atoms with van der Waals surface area (Å²) in [6.07, 6.45) is -2.27. The first-order valence-electron chi connectivity index (χ1n) is 15.8. The van der Waals surface area contributed by atoms with Crippen LogP contribution in [0.25, 0.3) is 5.69 Å². The molecule has 3 aliphatic rings. The predicted molar refractivity (Wildman–Crippen MR) is 166 cm³/mol. The molecule has 0 bridgehead atoms. The lowest BCUT2D eigenvalue weighted by molar-refractivity contribution is -0.198. The maximum atomic E-state index is 14.9. The van der Waals surface area contributed by atoms with E-state index >= 15 is 0 Å². The van der Waals surface area contributed by atoms with Crippen molar-refractivity contribution >= 4 is 23.6 Å². The number of rotatable bonds is 7. The highest BCUT2D eigenvalue weighted by atomic mass is 19.4. The molecule has 3 saturated heterocycles. The monoisotopic (exact) mass is 656 g/mol. The number of nitrogen functional groups attached to an aromatic ring is 1. The number of amides is 1. The molecule has 2 aromatic heterocycles. The third-order valence-electron chi connectivity index (χ3n) is 9.77. The van der Waals surface area contributed by atoms with Gasteiger partial charge in [0.05, 0.1) is 11.4 Å². The number of carboxylic acids is 1.